The first kappa shape index (κ1) is 15.2. The van der Waals surface area contributed by atoms with Crippen LogP contribution < -0.4 is 5.32 Å². The Labute approximate surface area is 125 Å². The van der Waals surface area contributed by atoms with E-state index < -0.39 is 0 Å². The average Bonchev–Trinajstić information content (AvgIpc) is 2.52. The van der Waals surface area contributed by atoms with Crippen molar-refractivity contribution in [1.29, 1.82) is 0 Å². The molecule has 1 unspecified atom stereocenters. The molecule has 0 saturated heterocycles. The van der Waals surface area contributed by atoms with Crippen LogP contribution in [0.15, 0.2) is 48.5 Å². The summed E-state index contributed by atoms with van der Waals surface area (Å²) < 4.78 is 0. The maximum Gasteiger partial charge on any atom is 0.273 e. The van der Waals surface area contributed by atoms with Gasteiger partial charge in [0, 0.05) is 24.2 Å². The van der Waals surface area contributed by atoms with Gasteiger partial charge in [0.15, 0.2) is 0 Å². The molecule has 0 amide bonds. The van der Waals surface area contributed by atoms with Crippen LogP contribution in [0.3, 0.4) is 0 Å². The van der Waals surface area contributed by atoms with Crippen LogP contribution in [0.4, 0.5) is 5.69 Å². The Bertz CT molecular complexity index is 608. The molecule has 2 aromatic carbocycles. The molecule has 0 heterocycles. The fourth-order valence-corrected chi connectivity index (χ4v) is 2.26. The minimum Gasteiger partial charge on any atom is -0.306 e. The van der Waals surface area contributed by atoms with Gasteiger partial charge in [-0.1, -0.05) is 49.4 Å². The van der Waals surface area contributed by atoms with Crippen molar-refractivity contribution in [2.75, 3.05) is 0 Å². The monoisotopic (exact) mass is 284 g/mol. The van der Waals surface area contributed by atoms with Gasteiger partial charge in [-0.15, -0.1) is 0 Å². The summed E-state index contributed by atoms with van der Waals surface area (Å²) in [6, 6.07) is 15.5. The Morgan fingerprint density at radius 2 is 1.81 bits per heavy atom. The molecule has 0 spiro atoms. The van der Waals surface area contributed by atoms with Crippen LogP contribution in [0.5, 0.6) is 0 Å². The number of hydrogen-bond acceptors (Lipinski definition) is 3. The number of benzene rings is 2. The molecule has 2 aromatic rings. The Morgan fingerprint density at radius 3 is 2.43 bits per heavy atom. The zero-order chi connectivity index (χ0) is 15.2. The van der Waals surface area contributed by atoms with Crippen LogP contribution in [0, 0.1) is 10.1 Å². The summed E-state index contributed by atoms with van der Waals surface area (Å²) in [4.78, 5) is 10.6. The maximum absolute atomic E-state index is 11.0. The Balaban J connectivity index is 2.03. The fourth-order valence-electron chi connectivity index (χ4n) is 2.26. The normalized spacial score (nSPS) is 12.1. The summed E-state index contributed by atoms with van der Waals surface area (Å²) in [5.41, 5.74) is 3.37. The minimum absolute atomic E-state index is 0.149. The second kappa shape index (κ2) is 6.99. The molecule has 2 rings (SSSR count). The van der Waals surface area contributed by atoms with Gasteiger partial charge < -0.3 is 5.32 Å². The fraction of sp³-hybridized carbons (Fsp3) is 0.294. The standard InChI is InChI=1S/C17H20N2O2/c1-3-14-8-10-15(11-9-14)13(2)18-12-16-6-4-5-7-17(16)19(20)21/h4-11,13,18H,3,12H2,1-2H3. The van der Waals surface area contributed by atoms with E-state index in [0.29, 0.717) is 12.1 Å². The third-order valence-electron chi connectivity index (χ3n) is 3.67. The van der Waals surface area contributed by atoms with Gasteiger partial charge in [-0.3, -0.25) is 10.1 Å². The summed E-state index contributed by atoms with van der Waals surface area (Å²) in [7, 11) is 0. The minimum atomic E-state index is -0.336. The van der Waals surface area contributed by atoms with E-state index in [2.05, 4.69) is 43.4 Å². The quantitative estimate of drug-likeness (QED) is 0.644. The van der Waals surface area contributed by atoms with Gasteiger partial charge in [0.2, 0.25) is 0 Å². The molecule has 0 bridgehead atoms. The molecule has 0 aliphatic rings. The van der Waals surface area contributed by atoms with Crippen molar-refractivity contribution in [3.8, 4) is 0 Å². The predicted molar refractivity (Wildman–Crippen MR) is 84.2 cm³/mol. The predicted octanol–water partition coefficient (Wildman–Crippen LogP) is 4.01. The number of nitrogens with zero attached hydrogens (tertiary/aromatic N) is 1. The lowest BCUT2D eigenvalue weighted by molar-refractivity contribution is -0.385. The van der Waals surface area contributed by atoms with Crippen molar-refractivity contribution in [1.82, 2.24) is 5.32 Å². The molecule has 110 valence electrons. The second-order valence-corrected chi connectivity index (χ2v) is 5.08. The van der Waals surface area contributed by atoms with E-state index >= 15 is 0 Å². The highest BCUT2D eigenvalue weighted by molar-refractivity contribution is 5.39. The SMILES string of the molecule is CCc1ccc(C(C)NCc2ccccc2[N+](=O)[O-])cc1. The van der Waals surface area contributed by atoms with Crippen LogP contribution in [0.1, 0.15) is 36.6 Å². The third kappa shape index (κ3) is 3.89. The molecule has 0 fully saturated rings. The van der Waals surface area contributed by atoms with Crippen molar-refractivity contribution in [2.45, 2.75) is 32.9 Å². The number of hydrogen-bond donors (Lipinski definition) is 1. The van der Waals surface area contributed by atoms with Crippen molar-refractivity contribution in [2.24, 2.45) is 0 Å². The molecular weight excluding hydrogens is 264 g/mol. The van der Waals surface area contributed by atoms with Gasteiger partial charge in [0.05, 0.1) is 4.92 Å². The molecule has 21 heavy (non-hydrogen) atoms. The molecule has 0 aliphatic heterocycles. The zero-order valence-electron chi connectivity index (χ0n) is 12.4. The van der Waals surface area contributed by atoms with Crippen molar-refractivity contribution in [3.05, 3.63) is 75.3 Å². The second-order valence-electron chi connectivity index (χ2n) is 5.08. The first-order chi connectivity index (χ1) is 10.1. The van der Waals surface area contributed by atoms with E-state index in [1.807, 2.05) is 6.07 Å². The number of aryl methyl sites for hydroxylation is 1. The molecule has 0 radical (unpaired) electrons. The van der Waals surface area contributed by atoms with Crippen LogP contribution in [-0.4, -0.2) is 4.92 Å². The van der Waals surface area contributed by atoms with Crippen LogP contribution in [0.2, 0.25) is 0 Å². The molecule has 4 heteroatoms. The van der Waals surface area contributed by atoms with Crippen molar-refractivity contribution < 1.29 is 4.92 Å². The van der Waals surface area contributed by atoms with Crippen LogP contribution in [-0.2, 0) is 13.0 Å². The topological polar surface area (TPSA) is 55.2 Å². The Kier molecular flexibility index (Phi) is 5.06. The Morgan fingerprint density at radius 1 is 1.14 bits per heavy atom. The third-order valence-corrected chi connectivity index (χ3v) is 3.67. The van der Waals surface area contributed by atoms with Gasteiger partial charge in [0.1, 0.15) is 0 Å². The molecule has 0 saturated carbocycles. The van der Waals surface area contributed by atoms with Gasteiger partial charge >= 0.3 is 0 Å². The lowest BCUT2D eigenvalue weighted by atomic mass is 10.0. The lowest BCUT2D eigenvalue weighted by Crippen LogP contribution is -2.18. The highest BCUT2D eigenvalue weighted by Crippen LogP contribution is 2.19. The van der Waals surface area contributed by atoms with E-state index in [0.717, 1.165) is 6.42 Å². The average molecular weight is 284 g/mol. The first-order valence-corrected chi connectivity index (χ1v) is 7.16. The number of rotatable bonds is 6. The summed E-state index contributed by atoms with van der Waals surface area (Å²) in [5, 5.41) is 14.3. The van der Waals surface area contributed by atoms with E-state index in [9.17, 15) is 10.1 Å². The summed E-state index contributed by atoms with van der Waals surface area (Å²) in [6.45, 7) is 4.68. The number of nitro groups is 1. The summed E-state index contributed by atoms with van der Waals surface area (Å²) in [5.74, 6) is 0. The van der Waals surface area contributed by atoms with Crippen molar-refractivity contribution in [3.63, 3.8) is 0 Å². The van der Waals surface area contributed by atoms with E-state index in [1.54, 1.807) is 12.1 Å². The van der Waals surface area contributed by atoms with E-state index in [1.165, 1.54) is 17.2 Å². The van der Waals surface area contributed by atoms with E-state index in [-0.39, 0.29) is 16.7 Å². The summed E-state index contributed by atoms with van der Waals surface area (Å²) >= 11 is 0. The van der Waals surface area contributed by atoms with Crippen LogP contribution in [0.25, 0.3) is 0 Å². The van der Waals surface area contributed by atoms with Gasteiger partial charge in [-0.05, 0) is 24.5 Å². The van der Waals surface area contributed by atoms with E-state index in [4.69, 9.17) is 0 Å². The number of nitro benzene ring substituents is 1. The van der Waals surface area contributed by atoms with Crippen LogP contribution >= 0.6 is 0 Å². The smallest absolute Gasteiger partial charge is 0.273 e. The molecule has 1 atom stereocenters. The summed E-state index contributed by atoms with van der Waals surface area (Å²) in [6.07, 6.45) is 1.03. The number of para-hydroxylation sites is 1. The van der Waals surface area contributed by atoms with Gasteiger partial charge in [0.25, 0.3) is 5.69 Å². The highest BCUT2D eigenvalue weighted by Gasteiger charge is 2.13. The molecule has 0 aromatic heterocycles. The highest BCUT2D eigenvalue weighted by atomic mass is 16.6. The molecule has 0 aliphatic carbocycles. The van der Waals surface area contributed by atoms with Crippen molar-refractivity contribution >= 4 is 5.69 Å². The molecule has 1 N–H and O–H groups in total. The zero-order valence-corrected chi connectivity index (χ0v) is 12.4. The molecule has 4 nitrogen and oxygen atoms in total. The Hall–Kier alpha value is -2.20. The molecular formula is C17H20N2O2. The van der Waals surface area contributed by atoms with Gasteiger partial charge in [-0.2, -0.15) is 0 Å². The maximum atomic E-state index is 11.0. The first-order valence-electron chi connectivity index (χ1n) is 7.16. The lowest BCUT2D eigenvalue weighted by Gasteiger charge is -2.15. The largest absolute Gasteiger partial charge is 0.306 e. The van der Waals surface area contributed by atoms with Gasteiger partial charge in [-0.25, -0.2) is 0 Å². The number of nitrogens with one attached hydrogen (secondary N) is 1.